The topological polar surface area (TPSA) is 72.3 Å². The summed E-state index contributed by atoms with van der Waals surface area (Å²) in [6, 6.07) is 13.3. The van der Waals surface area contributed by atoms with Crippen LogP contribution in [0.25, 0.3) is 11.0 Å². The van der Waals surface area contributed by atoms with E-state index in [4.69, 9.17) is 4.74 Å². The number of nitrogens with zero attached hydrogens (tertiary/aromatic N) is 4. The third kappa shape index (κ3) is 3.93. The van der Waals surface area contributed by atoms with E-state index in [1.807, 2.05) is 51.4 Å². The highest BCUT2D eigenvalue weighted by molar-refractivity contribution is 5.97. The zero-order valence-corrected chi connectivity index (χ0v) is 16.1. The van der Waals surface area contributed by atoms with E-state index in [0.29, 0.717) is 12.1 Å². The number of fused-ring (bicyclic) bond motifs is 1. The van der Waals surface area contributed by atoms with Gasteiger partial charge >= 0.3 is 0 Å². The van der Waals surface area contributed by atoms with Crippen LogP contribution in [0.1, 0.15) is 28.9 Å². The summed E-state index contributed by atoms with van der Waals surface area (Å²) in [6.45, 7) is 3.21. The van der Waals surface area contributed by atoms with Crippen LogP contribution in [-0.4, -0.2) is 53.6 Å². The van der Waals surface area contributed by atoms with E-state index in [1.54, 1.807) is 23.9 Å². The third-order valence-electron chi connectivity index (χ3n) is 4.65. The number of para-hydroxylation sites is 1. The van der Waals surface area contributed by atoms with E-state index < -0.39 is 0 Å². The molecule has 0 unspecified atom stereocenters. The number of hydrogen-bond donors (Lipinski definition) is 1. The fourth-order valence-electron chi connectivity index (χ4n) is 3.15. The minimum Gasteiger partial charge on any atom is -0.496 e. The standard InChI is InChI=1S/C20H25N5O2/c1-5-25-17-11-10-14(12-16(17)22-23-25)20(26)21-13-18(24(2)3)15-8-6-7-9-19(15)27-4/h6-12,18H,5,13H2,1-4H3,(H,21,26)/t18-/m0/s1. The van der Waals surface area contributed by atoms with E-state index in [1.165, 1.54) is 0 Å². The molecule has 1 amide bonds. The summed E-state index contributed by atoms with van der Waals surface area (Å²) in [6.07, 6.45) is 0. The number of aromatic nitrogens is 3. The molecule has 0 aliphatic heterocycles. The van der Waals surface area contributed by atoms with E-state index in [2.05, 4.69) is 20.5 Å². The second-order valence-corrected chi connectivity index (χ2v) is 6.54. The van der Waals surface area contributed by atoms with Gasteiger partial charge in [-0.3, -0.25) is 4.79 Å². The monoisotopic (exact) mass is 367 g/mol. The number of benzene rings is 2. The molecule has 0 radical (unpaired) electrons. The lowest BCUT2D eigenvalue weighted by molar-refractivity contribution is 0.0941. The van der Waals surface area contributed by atoms with Crippen molar-refractivity contribution in [2.45, 2.75) is 19.5 Å². The van der Waals surface area contributed by atoms with Crippen molar-refractivity contribution in [2.24, 2.45) is 0 Å². The predicted molar refractivity (Wildman–Crippen MR) is 105 cm³/mol. The molecule has 142 valence electrons. The predicted octanol–water partition coefficient (Wildman–Crippen LogP) is 2.49. The fraction of sp³-hybridized carbons (Fsp3) is 0.350. The highest BCUT2D eigenvalue weighted by Crippen LogP contribution is 2.27. The van der Waals surface area contributed by atoms with E-state index >= 15 is 0 Å². The molecule has 7 heteroatoms. The van der Waals surface area contributed by atoms with Gasteiger partial charge in [0, 0.05) is 24.2 Å². The number of nitrogens with one attached hydrogen (secondary N) is 1. The first-order valence-corrected chi connectivity index (χ1v) is 8.96. The molecule has 0 bridgehead atoms. The molecule has 1 atom stereocenters. The largest absolute Gasteiger partial charge is 0.496 e. The SMILES string of the molecule is CCn1nnc2cc(C(=O)NC[C@@H](c3ccccc3OC)N(C)C)ccc21. The Hall–Kier alpha value is -2.93. The summed E-state index contributed by atoms with van der Waals surface area (Å²) in [5.74, 6) is 0.674. The van der Waals surface area contributed by atoms with Gasteiger partial charge in [0.2, 0.25) is 0 Å². The van der Waals surface area contributed by atoms with Crippen molar-refractivity contribution in [3.05, 3.63) is 53.6 Å². The Balaban J connectivity index is 1.76. The summed E-state index contributed by atoms with van der Waals surface area (Å²) < 4.78 is 7.28. The molecule has 0 saturated heterocycles. The summed E-state index contributed by atoms with van der Waals surface area (Å²) >= 11 is 0. The van der Waals surface area contributed by atoms with Crippen LogP contribution in [0.4, 0.5) is 0 Å². The van der Waals surface area contributed by atoms with Gasteiger partial charge < -0.3 is 15.0 Å². The maximum atomic E-state index is 12.7. The van der Waals surface area contributed by atoms with Gasteiger partial charge in [-0.1, -0.05) is 23.4 Å². The van der Waals surface area contributed by atoms with Crippen LogP contribution in [0.5, 0.6) is 5.75 Å². The van der Waals surface area contributed by atoms with Crippen LogP contribution >= 0.6 is 0 Å². The lowest BCUT2D eigenvalue weighted by atomic mass is 10.0. The van der Waals surface area contributed by atoms with Crippen molar-refractivity contribution >= 4 is 16.9 Å². The zero-order valence-electron chi connectivity index (χ0n) is 16.1. The molecule has 2 aromatic carbocycles. The van der Waals surface area contributed by atoms with Crippen molar-refractivity contribution in [1.82, 2.24) is 25.2 Å². The molecule has 0 saturated carbocycles. The van der Waals surface area contributed by atoms with Crippen molar-refractivity contribution in [3.8, 4) is 5.75 Å². The number of rotatable bonds is 7. The number of methoxy groups -OCH3 is 1. The van der Waals surface area contributed by atoms with Crippen LogP contribution in [-0.2, 0) is 6.54 Å². The number of hydrogen-bond acceptors (Lipinski definition) is 5. The molecule has 27 heavy (non-hydrogen) atoms. The molecule has 7 nitrogen and oxygen atoms in total. The van der Waals surface area contributed by atoms with Gasteiger partial charge in [0.05, 0.1) is 18.7 Å². The average molecular weight is 367 g/mol. The van der Waals surface area contributed by atoms with Gasteiger partial charge in [0.1, 0.15) is 11.3 Å². The van der Waals surface area contributed by atoms with E-state index in [9.17, 15) is 4.79 Å². The first-order chi connectivity index (χ1) is 13.0. The van der Waals surface area contributed by atoms with Crippen LogP contribution in [0.2, 0.25) is 0 Å². The Kier molecular flexibility index (Phi) is 5.71. The molecule has 1 aromatic heterocycles. The quantitative estimate of drug-likeness (QED) is 0.695. The van der Waals surface area contributed by atoms with Gasteiger partial charge in [-0.05, 0) is 45.3 Å². The van der Waals surface area contributed by atoms with Crippen molar-refractivity contribution in [3.63, 3.8) is 0 Å². The molecule has 1 N–H and O–H groups in total. The first-order valence-electron chi connectivity index (χ1n) is 8.96. The van der Waals surface area contributed by atoms with Crippen molar-refractivity contribution in [1.29, 1.82) is 0 Å². The lowest BCUT2D eigenvalue weighted by Gasteiger charge is -2.26. The molecule has 3 rings (SSSR count). The minimum absolute atomic E-state index is 0.00482. The highest BCUT2D eigenvalue weighted by atomic mass is 16.5. The number of carbonyl (C=O) groups is 1. The summed E-state index contributed by atoms with van der Waals surface area (Å²) in [4.78, 5) is 14.7. The zero-order chi connectivity index (χ0) is 19.4. The normalized spacial score (nSPS) is 12.3. The molecule has 3 aromatic rings. The van der Waals surface area contributed by atoms with Gasteiger partial charge in [-0.2, -0.15) is 0 Å². The molecule has 0 fully saturated rings. The first kappa shape index (κ1) is 18.8. The third-order valence-corrected chi connectivity index (χ3v) is 4.65. The van der Waals surface area contributed by atoms with Crippen LogP contribution < -0.4 is 10.1 Å². The molecule has 0 spiro atoms. The molecule has 0 aliphatic carbocycles. The van der Waals surface area contributed by atoms with E-state index in [-0.39, 0.29) is 11.9 Å². The van der Waals surface area contributed by atoms with E-state index in [0.717, 1.165) is 28.9 Å². The van der Waals surface area contributed by atoms with Crippen LogP contribution in [0, 0.1) is 0 Å². The number of carbonyl (C=O) groups excluding carboxylic acids is 1. The number of aryl methyl sites for hydroxylation is 1. The second-order valence-electron chi connectivity index (χ2n) is 6.54. The number of amides is 1. The Morgan fingerprint density at radius 3 is 2.74 bits per heavy atom. The second kappa shape index (κ2) is 8.18. The fourth-order valence-corrected chi connectivity index (χ4v) is 3.15. The number of ether oxygens (including phenoxy) is 1. The Morgan fingerprint density at radius 1 is 1.26 bits per heavy atom. The van der Waals surface area contributed by atoms with Crippen LogP contribution in [0.3, 0.4) is 0 Å². The van der Waals surface area contributed by atoms with Gasteiger partial charge in [0.25, 0.3) is 5.91 Å². The summed E-state index contributed by atoms with van der Waals surface area (Å²) in [5.41, 5.74) is 3.25. The van der Waals surface area contributed by atoms with Gasteiger partial charge in [0.15, 0.2) is 0 Å². The maximum Gasteiger partial charge on any atom is 0.251 e. The van der Waals surface area contributed by atoms with Crippen molar-refractivity contribution in [2.75, 3.05) is 27.7 Å². The molecule has 1 heterocycles. The van der Waals surface area contributed by atoms with Gasteiger partial charge in [-0.25, -0.2) is 4.68 Å². The number of likely N-dealkylation sites (N-methyl/N-ethyl adjacent to an activating group) is 1. The lowest BCUT2D eigenvalue weighted by Crippen LogP contribution is -2.34. The molecular formula is C20H25N5O2. The summed E-state index contributed by atoms with van der Waals surface area (Å²) in [7, 11) is 5.62. The maximum absolute atomic E-state index is 12.7. The molecule has 0 aliphatic rings. The Labute approximate surface area is 158 Å². The summed E-state index contributed by atoms with van der Waals surface area (Å²) in [5, 5.41) is 11.2. The van der Waals surface area contributed by atoms with Gasteiger partial charge in [-0.15, -0.1) is 5.10 Å². The van der Waals surface area contributed by atoms with Crippen LogP contribution in [0.15, 0.2) is 42.5 Å². The van der Waals surface area contributed by atoms with Crippen molar-refractivity contribution < 1.29 is 9.53 Å². The Bertz CT molecular complexity index is 935. The Morgan fingerprint density at radius 2 is 2.04 bits per heavy atom. The smallest absolute Gasteiger partial charge is 0.251 e. The minimum atomic E-state index is -0.135. The highest BCUT2D eigenvalue weighted by Gasteiger charge is 2.19. The average Bonchev–Trinajstić information content (AvgIpc) is 3.10. The molecular weight excluding hydrogens is 342 g/mol.